The molecule has 1 aliphatic rings. The molecule has 0 aromatic heterocycles. The quantitative estimate of drug-likeness (QED) is 0.606. The van der Waals surface area contributed by atoms with Crippen LogP contribution in [0.2, 0.25) is 5.02 Å². The Balaban J connectivity index is 2.29. The number of rotatable bonds is 4. The molecule has 1 aliphatic carbocycles. The number of hydrogen-bond donors (Lipinski definition) is 2. The van der Waals surface area contributed by atoms with Gasteiger partial charge in [-0.3, -0.25) is 11.3 Å². The highest BCUT2D eigenvalue weighted by Gasteiger charge is 2.32. The zero-order valence-electron chi connectivity index (χ0n) is 11.3. The highest BCUT2D eigenvalue weighted by Crippen LogP contribution is 2.42. The van der Waals surface area contributed by atoms with E-state index in [1.165, 1.54) is 32.1 Å². The van der Waals surface area contributed by atoms with Gasteiger partial charge in [0, 0.05) is 9.50 Å². The number of halogens is 2. The summed E-state index contributed by atoms with van der Waals surface area (Å²) < 4.78 is 1.05. The summed E-state index contributed by atoms with van der Waals surface area (Å²) in [5, 5.41) is 0.798. The molecule has 106 valence electrons. The summed E-state index contributed by atoms with van der Waals surface area (Å²) in [6.45, 7) is 2.28. The number of nitrogens with one attached hydrogen (secondary N) is 1. The zero-order chi connectivity index (χ0) is 13.8. The summed E-state index contributed by atoms with van der Waals surface area (Å²) >= 11 is 9.89. The van der Waals surface area contributed by atoms with Crippen molar-refractivity contribution in [3.05, 3.63) is 33.3 Å². The number of hydrogen-bond acceptors (Lipinski definition) is 2. The standard InChI is InChI=1S/C15H22BrClN2/c1-2-10-5-3-4-6-12(10)15(19-18)13-9-11(16)7-8-14(13)17/h7-10,12,15,19H,2-6,18H2,1H3. The molecule has 0 aliphatic heterocycles. The smallest absolute Gasteiger partial charge is 0.0505 e. The van der Waals surface area contributed by atoms with E-state index in [4.69, 9.17) is 17.4 Å². The van der Waals surface area contributed by atoms with Crippen LogP contribution in [0.3, 0.4) is 0 Å². The SMILES string of the molecule is CCC1CCCCC1C(NN)c1cc(Br)ccc1Cl. The minimum atomic E-state index is 0.148. The van der Waals surface area contributed by atoms with E-state index >= 15 is 0 Å². The summed E-state index contributed by atoms with van der Waals surface area (Å²) in [5.74, 6) is 7.17. The third-order valence-corrected chi connectivity index (χ3v) is 5.23. The van der Waals surface area contributed by atoms with Crippen molar-refractivity contribution in [3.8, 4) is 0 Å². The number of hydrazine groups is 1. The zero-order valence-corrected chi connectivity index (χ0v) is 13.7. The van der Waals surface area contributed by atoms with Crippen LogP contribution in [0.5, 0.6) is 0 Å². The topological polar surface area (TPSA) is 38.0 Å². The lowest BCUT2D eigenvalue weighted by atomic mass is 9.72. The third-order valence-electron chi connectivity index (χ3n) is 4.39. The van der Waals surface area contributed by atoms with Crippen molar-refractivity contribution in [2.45, 2.75) is 45.1 Å². The summed E-state index contributed by atoms with van der Waals surface area (Å²) in [6.07, 6.45) is 6.40. The highest BCUT2D eigenvalue weighted by molar-refractivity contribution is 9.10. The molecule has 4 heteroatoms. The molecular weight excluding hydrogens is 324 g/mol. The van der Waals surface area contributed by atoms with E-state index < -0.39 is 0 Å². The maximum Gasteiger partial charge on any atom is 0.0505 e. The molecule has 3 unspecified atom stereocenters. The lowest BCUT2D eigenvalue weighted by molar-refractivity contribution is 0.176. The van der Waals surface area contributed by atoms with Gasteiger partial charge >= 0.3 is 0 Å². The maximum atomic E-state index is 6.36. The van der Waals surface area contributed by atoms with E-state index in [0.29, 0.717) is 5.92 Å². The van der Waals surface area contributed by atoms with Gasteiger partial charge in [-0.2, -0.15) is 0 Å². The molecule has 0 amide bonds. The van der Waals surface area contributed by atoms with Gasteiger partial charge in [0.1, 0.15) is 0 Å². The van der Waals surface area contributed by atoms with Gasteiger partial charge in [0.25, 0.3) is 0 Å². The molecule has 0 radical (unpaired) electrons. The van der Waals surface area contributed by atoms with Crippen LogP contribution < -0.4 is 11.3 Å². The minimum Gasteiger partial charge on any atom is -0.271 e. The van der Waals surface area contributed by atoms with Crippen LogP contribution in [-0.4, -0.2) is 0 Å². The van der Waals surface area contributed by atoms with E-state index in [-0.39, 0.29) is 6.04 Å². The lowest BCUT2D eigenvalue weighted by Gasteiger charge is -2.37. The Morgan fingerprint density at radius 1 is 1.42 bits per heavy atom. The summed E-state index contributed by atoms with van der Waals surface area (Å²) in [7, 11) is 0. The molecule has 0 spiro atoms. The first kappa shape index (κ1) is 15.3. The molecule has 0 heterocycles. The first-order valence-corrected chi connectivity index (χ1v) is 8.25. The monoisotopic (exact) mass is 344 g/mol. The van der Waals surface area contributed by atoms with E-state index in [2.05, 4.69) is 34.3 Å². The molecule has 1 aromatic carbocycles. The molecule has 2 rings (SSSR count). The third kappa shape index (κ3) is 3.52. The average Bonchev–Trinajstić information content (AvgIpc) is 2.44. The van der Waals surface area contributed by atoms with Gasteiger partial charge in [-0.25, -0.2) is 0 Å². The highest BCUT2D eigenvalue weighted by atomic mass is 79.9. The fourth-order valence-electron chi connectivity index (χ4n) is 3.38. The molecule has 1 fully saturated rings. The second-order valence-corrected chi connectivity index (χ2v) is 6.75. The first-order chi connectivity index (χ1) is 9.17. The molecule has 3 N–H and O–H groups in total. The van der Waals surface area contributed by atoms with Crippen LogP contribution >= 0.6 is 27.5 Å². The van der Waals surface area contributed by atoms with Gasteiger partial charge in [-0.15, -0.1) is 0 Å². The van der Waals surface area contributed by atoms with Crippen LogP contribution in [0.25, 0.3) is 0 Å². The second kappa shape index (κ2) is 7.07. The Labute approximate surface area is 129 Å². The van der Waals surface area contributed by atoms with E-state index in [1.807, 2.05) is 12.1 Å². The van der Waals surface area contributed by atoms with Gasteiger partial charge in [0.15, 0.2) is 0 Å². The van der Waals surface area contributed by atoms with Crippen LogP contribution in [0.4, 0.5) is 0 Å². The van der Waals surface area contributed by atoms with Crippen molar-refractivity contribution in [3.63, 3.8) is 0 Å². The lowest BCUT2D eigenvalue weighted by Crippen LogP contribution is -2.38. The van der Waals surface area contributed by atoms with Gasteiger partial charge < -0.3 is 0 Å². The Bertz CT molecular complexity index is 425. The summed E-state index contributed by atoms with van der Waals surface area (Å²) in [6, 6.07) is 6.15. The Hall–Kier alpha value is -0.0900. The van der Waals surface area contributed by atoms with Crippen molar-refractivity contribution in [2.24, 2.45) is 17.7 Å². The normalized spacial score (nSPS) is 25.3. The fraction of sp³-hybridized carbons (Fsp3) is 0.600. The molecule has 0 saturated heterocycles. The van der Waals surface area contributed by atoms with Gasteiger partial charge in [0.2, 0.25) is 0 Å². The second-order valence-electron chi connectivity index (χ2n) is 5.43. The van der Waals surface area contributed by atoms with E-state index in [1.54, 1.807) is 0 Å². The maximum absolute atomic E-state index is 6.36. The van der Waals surface area contributed by atoms with Crippen LogP contribution in [0, 0.1) is 11.8 Å². The van der Waals surface area contributed by atoms with Crippen molar-refractivity contribution in [1.82, 2.24) is 5.43 Å². The van der Waals surface area contributed by atoms with Crippen molar-refractivity contribution < 1.29 is 0 Å². The van der Waals surface area contributed by atoms with Gasteiger partial charge in [0.05, 0.1) is 6.04 Å². The Morgan fingerprint density at radius 2 is 2.16 bits per heavy atom. The predicted molar refractivity (Wildman–Crippen MR) is 85.0 cm³/mol. The van der Waals surface area contributed by atoms with Gasteiger partial charge in [-0.1, -0.05) is 60.1 Å². The molecule has 2 nitrogen and oxygen atoms in total. The molecule has 19 heavy (non-hydrogen) atoms. The fourth-order valence-corrected chi connectivity index (χ4v) is 3.99. The van der Waals surface area contributed by atoms with Gasteiger partial charge in [-0.05, 0) is 42.0 Å². The molecule has 1 aromatic rings. The first-order valence-electron chi connectivity index (χ1n) is 7.08. The molecule has 1 saturated carbocycles. The Kier molecular flexibility index (Phi) is 5.70. The summed E-state index contributed by atoms with van der Waals surface area (Å²) in [5.41, 5.74) is 4.13. The minimum absolute atomic E-state index is 0.148. The van der Waals surface area contributed by atoms with Crippen molar-refractivity contribution >= 4 is 27.5 Å². The number of benzene rings is 1. The van der Waals surface area contributed by atoms with E-state index in [0.717, 1.165) is 21.0 Å². The van der Waals surface area contributed by atoms with E-state index in [9.17, 15) is 0 Å². The van der Waals surface area contributed by atoms with Crippen molar-refractivity contribution in [2.75, 3.05) is 0 Å². The molecular formula is C15H22BrClN2. The number of nitrogens with two attached hydrogens (primary N) is 1. The van der Waals surface area contributed by atoms with Crippen molar-refractivity contribution in [1.29, 1.82) is 0 Å². The van der Waals surface area contributed by atoms with Crippen LogP contribution in [0.15, 0.2) is 22.7 Å². The molecule has 0 bridgehead atoms. The largest absolute Gasteiger partial charge is 0.271 e. The summed E-state index contributed by atoms with van der Waals surface area (Å²) in [4.78, 5) is 0. The van der Waals surface area contributed by atoms with Crippen LogP contribution in [0.1, 0.15) is 50.6 Å². The Morgan fingerprint density at radius 3 is 2.84 bits per heavy atom. The predicted octanol–water partition coefficient (Wildman–Crippen LogP) is 4.82. The van der Waals surface area contributed by atoms with Crippen LogP contribution in [-0.2, 0) is 0 Å². The average molecular weight is 346 g/mol. The molecule has 3 atom stereocenters.